The van der Waals surface area contributed by atoms with Crippen molar-refractivity contribution in [3.8, 4) is 28.4 Å². The van der Waals surface area contributed by atoms with Crippen LogP contribution in [0.25, 0.3) is 11.1 Å². The fourth-order valence-electron chi connectivity index (χ4n) is 2.01. The molecule has 2 rings (SSSR count). The molecule has 0 atom stereocenters. The van der Waals surface area contributed by atoms with Crippen molar-refractivity contribution in [2.75, 3.05) is 27.1 Å². The van der Waals surface area contributed by atoms with Gasteiger partial charge in [0.25, 0.3) is 0 Å². The summed E-state index contributed by atoms with van der Waals surface area (Å²) < 4.78 is 16.1. The first kappa shape index (κ1) is 14.0. The lowest BCUT2D eigenvalue weighted by Gasteiger charge is -2.15. The van der Waals surface area contributed by atoms with Crippen molar-refractivity contribution in [1.82, 2.24) is 4.98 Å². The van der Waals surface area contributed by atoms with Crippen LogP contribution in [0.3, 0.4) is 0 Å². The van der Waals surface area contributed by atoms with Gasteiger partial charge in [-0.05, 0) is 18.6 Å². The van der Waals surface area contributed by atoms with Crippen molar-refractivity contribution in [3.63, 3.8) is 0 Å². The second kappa shape index (κ2) is 5.69. The molecule has 0 saturated carbocycles. The molecular formula is C15H18N2O3. The van der Waals surface area contributed by atoms with E-state index in [1.54, 1.807) is 27.5 Å². The molecule has 0 bridgehead atoms. The maximum Gasteiger partial charge on any atom is 0.134 e. The molecule has 0 fully saturated rings. The third-order valence-corrected chi connectivity index (χ3v) is 3.12. The van der Waals surface area contributed by atoms with Crippen LogP contribution in [0.4, 0.5) is 5.82 Å². The number of aryl methyl sites for hydroxylation is 1. The van der Waals surface area contributed by atoms with E-state index in [2.05, 4.69) is 4.98 Å². The normalized spacial score (nSPS) is 10.2. The fourth-order valence-corrected chi connectivity index (χ4v) is 2.01. The van der Waals surface area contributed by atoms with Gasteiger partial charge in [0.2, 0.25) is 0 Å². The first-order valence-electron chi connectivity index (χ1n) is 6.13. The van der Waals surface area contributed by atoms with Gasteiger partial charge in [0.05, 0.1) is 26.9 Å². The fraction of sp³-hybridized carbons (Fsp3) is 0.267. The van der Waals surface area contributed by atoms with Crippen LogP contribution in [0.1, 0.15) is 5.56 Å². The highest BCUT2D eigenvalue weighted by Gasteiger charge is 2.16. The van der Waals surface area contributed by atoms with Gasteiger partial charge < -0.3 is 19.9 Å². The number of benzene rings is 1. The summed E-state index contributed by atoms with van der Waals surface area (Å²) >= 11 is 0. The van der Waals surface area contributed by atoms with Gasteiger partial charge in [-0.15, -0.1) is 0 Å². The predicted octanol–water partition coefficient (Wildman–Crippen LogP) is 2.67. The molecule has 0 aliphatic heterocycles. The van der Waals surface area contributed by atoms with Gasteiger partial charge in [-0.1, -0.05) is 0 Å². The molecule has 106 valence electrons. The molecule has 0 aliphatic rings. The van der Waals surface area contributed by atoms with Crippen LogP contribution in [0.15, 0.2) is 24.4 Å². The number of nitrogens with two attached hydrogens (primary N) is 1. The summed E-state index contributed by atoms with van der Waals surface area (Å²) in [5.41, 5.74) is 8.37. The molecule has 1 aromatic carbocycles. The molecule has 20 heavy (non-hydrogen) atoms. The van der Waals surface area contributed by atoms with E-state index in [-0.39, 0.29) is 0 Å². The number of hydrogen-bond acceptors (Lipinski definition) is 5. The first-order chi connectivity index (χ1) is 9.60. The van der Waals surface area contributed by atoms with E-state index in [0.29, 0.717) is 23.1 Å². The summed E-state index contributed by atoms with van der Waals surface area (Å²) in [4.78, 5) is 4.18. The zero-order valence-corrected chi connectivity index (χ0v) is 12.1. The first-order valence-corrected chi connectivity index (χ1v) is 6.13. The number of hydrogen-bond donors (Lipinski definition) is 1. The van der Waals surface area contributed by atoms with E-state index in [0.717, 1.165) is 16.7 Å². The van der Waals surface area contributed by atoms with Gasteiger partial charge in [-0.2, -0.15) is 0 Å². The third kappa shape index (κ3) is 2.47. The number of nitrogens with zero attached hydrogens (tertiary/aromatic N) is 1. The molecule has 0 amide bonds. The van der Waals surface area contributed by atoms with E-state index in [1.165, 1.54) is 0 Å². The zero-order valence-electron chi connectivity index (χ0n) is 12.1. The molecule has 0 saturated heterocycles. The molecule has 1 heterocycles. The summed E-state index contributed by atoms with van der Waals surface area (Å²) in [6, 6.07) is 5.57. The quantitative estimate of drug-likeness (QED) is 0.928. The van der Waals surface area contributed by atoms with E-state index < -0.39 is 0 Å². The largest absolute Gasteiger partial charge is 0.496 e. The molecule has 0 spiro atoms. The lowest BCUT2D eigenvalue weighted by Crippen LogP contribution is -1.98. The van der Waals surface area contributed by atoms with Crippen LogP contribution in [-0.2, 0) is 0 Å². The van der Waals surface area contributed by atoms with Gasteiger partial charge >= 0.3 is 0 Å². The summed E-state index contributed by atoms with van der Waals surface area (Å²) in [5, 5.41) is 0. The highest BCUT2D eigenvalue weighted by Crippen LogP contribution is 2.41. The molecule has 0 aliphatic carbocycles. The second-order valence-corrected chi connectivity index (χ2v) is 4.33. The maximum absolute atomic E-state index is 5.76. The van der Waals surface area contributed by atoms with Gasteiger partial charge in [0, 0.05) is 23.9 Å². The third-order valence-electron chi connectivity index (χ3n) is 3.12. The Bertz CT molecular complexity index is 602. The Balaban J connectivity index is 2.67. The topological polar surface area (TPSA) is 66.6 Å². The number of methoxy groups -OCH3 is 3. The Kier molecular flexibility index (Phi) is 3.98. The summed E-state index contributed by atoms with van der Waals surface area (Å²) in [5.74, 6) is 2.50. The molecule has 0 radical (unpaired) electrons. The van der Waals surface area contributed by atoms with Gasteiger partial charge in [-0.25, -0.2) is 4.98 Å². The van der Waals surface area contributed by atoms with Crippen LogP contribution in [0.5, 0.6) is 17.2 Å². The Hall–Kier alpha value is -2.43. The van der Waals surface area contributed by atoms with Crippen molar-refractivity contribution in [2.45, 2.75) is 6.92 Å². The number of rotatable bonds is 4. The SMILES string of the molecule is COc1cc(OC)c(-c2cnc(N)c(C)c2)c(OC)c1. The van der Waals surface area contributed by atoms with Crippen LogP contribution in [0, 0.1) is 6.92 Å². The lowest BCUT2D eigenvalue weighted by atomic mass is 10.0. The van der Waals surface area contributed by atoms with E-state index in [1.807, 2.05) is 25.1 Å². The monoisotopic (exact) mass is 274 g/mol. The number of pyridine rings is 1. The molecule has 5 heteroatoms. The smallest absolute Gasteiger partial charge is 0.134 e. The van der Waals surface area contributed by atoms with Crippen molar-refractivity contribution >= 4 is 5.82 Å². The number of aromatic nitrogens is 1. The maximum atomic E-state index is 5.76. The van der Waals surface area contributed by atoms with Gasteiger partial charge in [0.15, 0.2) is 0 Å². The van der Waals surface area contributed by atoms with E-state index >= 15 is 0 Å². The van der Waals surface area contributed by atoms with Crippen LogP contribution >= 0.6 is 0 Å². The molecule has 5 nitrogen and oxygen atoms in total. The van der Waals surface area contributed by atoms with Crippen molar-refractivity contribution < 1.29 is 14.2 Å². The number of nitrogen functional groups attached to an aromatic ring is 1. The second-order valence-electron chi connectivity index (χ2n) is 4.33. The molecule has 1 aromatic heterocycles. The Morgan fingerprint density at radius 3 is 2.00 bits per heavy atom. The molecule has 0 unspecified atom stereocenters. The number of anilines is 1. The highest BCUT2D eigenvalue weighted by atomic mass is 16.5. The number of ether oxygens (including phenoxy) is 3. The van der Waals surface area contributed by atoms with E-state index in [9.17, 15) is 0 Å². The van der Waals surface area contributed by atoms with Crippen molar-refractivity contribution in [1.29, 1.82) is 0 Å². The Morgan fingerprint density at radius 2 is 1.55 bits per heavy atom. The summed E-state index contributed by atoms with van der Waals surface area (Å²) in [6.45, 7) is 1.91. The predicted molar refractivity (Wildman–Crippen MR) is 78.5 cm³/mol. The lowest BCUT2D eigenvalue weighted by molar-refractivity contribution is 0.377. The standard InChI is InChI=1S/C15H18N2O3/c1-9-5-10(8-17-15(9)16)14-12(19-3)6-11(18-2)7-13(14)20-4/h5-8H,1-4H3,(H2,16,17). The Labute approximate surface area is 118 Å². The summed E-state index contributed by atoms with van der Waals surface area (Å²) in [6.07, 6.45) is 1.70. The molecular weight excluding hydrogens is 256 g/mol. The minimum atomic E-state index is 0.514. The van der Waals surface area contributed by atoms with Crippen LogP contribution in [-0.4, -0.2) is 26.3 Å². The average Bonchev–Trinajstić information content (AvgIpc) is 2.48. The van der Waals surface area contributed by atoms with Crippen molar-refractivity contribution in [3.05, 3.63) is 30.0 Å². The summed E-state index contributed by atoms with van der Waals surface area (Å²) in [7, 11) is 4.81. The average molecular weight is 274 g/mol. The minimum Gasteiger partial charge on any atom is -0.496 e. The van der Waals surface area contributed by atoms with E-state index in [4.69, 9.17) is 19.9 Å². The zero-order chi connectivity index (χ0) is 14.7. The van der Waals surface area contributed by atoms with Crippen LogP contribution < -0.4 is 19.9 Å². The minimum absolute atomic E-state index is 0.514. The highest BCUT2D eigenvalue weighted by molar-refractivity contribution is 5.78. The van der Waals surface area contributed by atoms with Gasteiger partial charge in [-0.3, -0.25) is 0 Å². The van der Waals surface area contributed by atoms with Crippen LogP contribution in [0.2, 0.25) is 0 Å². The molecule has 2 aromatic rings. The van der Waals surface area contributed by atoms with Gasteiger partial charge in [0.1, 0.15) is 23.1 Å². The molecule has 2 N–H and O–H groups in total. The van der Waals surface area contributed by atoms with Crippen molar-refractivity contribution in [2.24, 2.45) is 0 Å². The Morgan fingerprint density at radius 1 is 0.950 bits per heavy atom.